The van der Waals surface area contributed by atoms with Crippen LogP contribution in [0.5, 0.6) is 23.0 Å². The third-order valence-corrected chi connectivity index (χ3v) is 7.09. The van der Waals surface area contributed by atoms with Gasteiger partial charge in [0.1, 0.15) is 0 Å². The lowest BCUT2D eigenvalue weighted by atomic mass is 9.88. The molecule has 0 atom stereocenters. The Morgan fingerprint density at radius 1 is 1.00 bits per heavy atom. The van der Waals surface area contributed by atoms with Crippen LogP contribution >= 0.6 is 0 Å². The van der Waals surface area contributed by atoms with Gasteiger partial charge in [0, 0.05) is 23.8 Å². The number of aromatic nitrogens is 1. The maximum Gasteiger partial charge on any atom is 0.231 e. The Balaban J connectivity index is 0.00000253. The molecule has 6 heteroatoms. The molecular formula is C29H28ClNO4. The second-order valence-electron chi connectivity index (χ2n) is 9.41. The topological polar surface area (TPSA) is 51.8 Å². The summed E-state index contributed by atoms with van der Waals surface area (Å²) in [5.74, 6) is 2.77. The number of pyridine rings is 1. The van der Waals surface area contributed by atoms with Gasteiger partial charge in [0.25, 0.3) is 0 Å². The standard InChI is InChI=1S/C29H27NO4.ClH/c1-17(2)19-6-4-18(5-7-19)12-23-21-8-9-25(32-3)29(31)24(21)15-30-11-10-20-13-26-27(34-16-33-26)14-22(20)28(23)30;/h4-9,13-15,17H,10-12,16H2,1-3H3;1H. The van der Waals surface area contributed by atoms with Crippen molar-refractivity contribution >= 4 is 10.8 Å². The fourth-order valence-corrected chi connectivity index (χ4v) is 5.22. The summed E-state index contributed by atoms with van der Waals surface area (Å²) in [6.07, 6.45) is 3.70. The van der Waals surface area contributed by atoms with Gasteiger partial charge in [-0.2, -0.15) is 4.57 Å². The SMILES string of the molecule is COc1ccc2c(Cc3ccc(C(C)C)cc3)c3[n+](cc2c1O)CCc1cc2c(cc1-3)OCO2.[Cl-]. The average Bonchev–Trinajstić information content (AvgIpc) is 3.30. The van der Waals surface area contributed by atoms with E-state index in [2.05, 4.69) is 67.1 Å². The average molecular weight is 490 g/mol. The largest absolute Gasteiger partial charge is 1.00 e. The van der Waals surface area contributed by atoms with Gasteiger partial charge in [-0.3, -0.25) is 0 Å². The van der Waals surface area contributed by atoms with Crippen molar-refractivity contribution in [3.8, 4) is 34.3 Å². The van der Waals surface area contributed by atoms with E-state index < -0.39 is 0 Å². The van der Waals surface area contributed by atoms with Gasteiger partial charge in [-0.1, -0.05) is 38.1 Å². The maximum absolute atomic E-state index is 11.0. The number of hydrogen-bond donors (Lipinski definition) is 1. The highest BCUT2D eigenvalue weighted by molar-refractivity contribution is 5.95. The predicted molar refractivity (Wildman–Crippen MR) is 131 cm³/mol. The molecule has 5 nitrogen and oxygen atoms in total. The van der Waals surface area contributed by atoms with Gasteiger partial charge in [0.15, 0.2) is 35.7 Å². The maximum atomic E-state index is 11.0. The molecule has 0 amide bonds. The number of nitrogens with zero attached hydrogens (tertiary/aromatic N) is 1. The first-order valence-electron chi connectivity index (χ1n) is 11.8. The molecule has 0 saturated heterocycles. The van der Waals surface area contributed by atoms with Crippen LogP contribution in [0.25, 0.3) is 22.0 Å². The molecule has 2 aliphatic rings. The lowest BCUT2D eigenvalue weighted by Crippen LogP contribution is -3.00. The number of ether oxygens (including phenoxy) is 3. The van der Waals surface area contributed by atoms with E-state index in [-0.39, 0.29) is 24.9 Å². The van der Waals surface area contributed by atoms with Gasteiger partial charge < -0.3 is 31.7 Å². The van der Waals surface area contributed by atoms with Crippen molar-refractivity contribution in [1.82, 2.24) is 0 Å². The number of benzene rings is 3. The smallest absolute Gasteiger partial charge is 0.231 e. The zero-order chi connectivity index (χ0) is 23.4. The number of rotatable bonds is 4. The fourth-order valence-electron chi connectivity index (χ4n) is 5.22. The van der Waals surface area contributed by atoms with E-state index in [0.717, 1.165) is 41.7 Å². The third kappa shape index (κ3) is 3.84. The zero-order valence-corrected chi connectivity index (χ0v) is 20.9. The lowest BCUT2D eigenvalue weighted by Gasteiger charge is -2.20. The summed E-state index contributed by atoms with van der Waals surface area (Å²) < 4.78 is 19.0. The molecule has 6 rings (SSSR count). The molecule has 0 radical (unpaired) electrons. The summed E-state index contributed by atoms with van der Waals surface area (Å²) in [4.78, 5) is 0. The molecule has 0 fully saturated rings. The van der Waals surface area contributed by atoms with Crippen molar-refractivity contribution in [2.24, 2.45) is 0 Å². The fraction of sp³-hybridized carbons (Fsp3) is 0.276. The molecular weight excluding hydrogens is 462 g/mol. The number of hydrogen-bond acceptors (Lipinski definition) is 4. The van der Waals surface area contributed by atoms with E-state index >= 15 is 0 Å². The second kappa shape index (κ2) is 8.97. The molecule has 0 unspecified atom stereocenters. The minimum Gasteiger partial charge on any atom is -1.00 e. The Labute approximate surface area is 211 Å². The van der Waals surface area contributed by atoms with Crippen molar-refractivity contribution in [2.45, 2.75) is 39.2 Å². The second-order valence-corrected chi connectivity index (χ2v) is 9.41. The van der Waals surface area contributed by atoms with Crippen molar-refractivity contribution in [3.63, 3.8) is 0 Å². The first-order chi connectivity index (χ1) is 16.5. The Morgan fingerprint density at radius 2 is 1.74 bits per heavy atom. The molecule has 180 valence electrons. The van der Waals surface area contributed by atoms with Gasteiger partial charge in [0.2, 0.25) is 12.5 Å². The number of phenols is 1. The highest BCUT2D eigenvalue weighted by Crippen LogP contribution is 2.43. The molecule has 0 bridgehead atoms. The van der Waals surface area contributed by atoms with E-state index in [0.29, 0.717) is 11.7 Å². The van der Waals surface area contributed by atoms with Crippen LogP contribution in [0.4, 0.5) is 0 Å². The van der Waals surface area contributed by atoms with Crippen LogP contribution in [0.15, 0.2) is 54.7 Å². The van der Waals surface area contributed by atoms with Crippen LogP contribution in [-0.4, -0.2) is 19.0 Å². The minimum atomic E-state index is 0. The third-order valence-electron chi connectivity index (χ3n) is 7.09. The molecule has 1 N–H and O–H groups in total. The molecule has 3 aromatic carbocycles. The normalized spacial score (nSPS) is 13.4. The summed E-state index contributed by atoms with van der Waals surface area (Å²) >= 11 is 0. The van der Waals surface area contributed by atoms with Crippen molar-refractivity contribution in [2.75, 3.05) is 13.9 Å². The van der Waals surface area contributed by atoms with E-state index in [9.17, 15) is 5.11 Å². The van der Waals surface area contributed by atoms with Crippen LogP contribution in [0.2, 0.25) is 0 Å². The highest BCUT2D eigenvalue weighted by Gasteiger charge is 2.32. The lowest BCUT2D eigenvalue weighted by molar-refractivity contribution is -0.686. The van der Waals surface area contributed by atoms with E-state index in [1.54, 1.807) is 7.11 Å². The molecule has 0 aliphatic carbocycles. The van der Waals surface area contributed by atoms with E-state index in [4.69, 9.17) is 14.2 Å². The Morgan fingerprint density at radius 3 is 2.46 bits per heavy atom. The number of methoxy groups -OCH3 is 1. The number of aryl methyl sites for hydroxylation is 2. The monoisotopic (exact) mass is 489 g/mol. The molecule has 3 heterocycles. The van der Waals surface area contributed by atoms with E-state index in [1.807, 2.05) is 6.07 Å². The number of phenolic OH excluding ortho intramolecular Hbond substituents is 1. The highest BCUT2D eigenvalue weighted by atomic mass is 35.5. The summed E-state index contributed by atoms with van der Waals surface area (Å²) in [5.41, 5.74) is 7.36. The number of fused-ring (bicyclic) bond motifs is 5. The Kier molecular flexibility index (Phi) is 5.97. The summed E-state index contributed by atoms with van der Waals surface area (Å²) in [6, 6.07) is 17.0. The van der Waals surface area contributed by atoms with Crippen molar-refractivity contribution in [1.29, 1.82) is 0 Å². The van der Waals surface area contributed by atoms with Gasteiger partial charge in [-0.15, -0.1) is 0 Å². The molecule has 1 aromatic heterocycles. The Hall–Kier alpha value is -3.44. The van der Waals surface area contributed by atoms with Gasteiger partial charge >= 0.3 is 0 Å². The van der Waals surface area contributed by atoms with Crippen LogP contribution < -0.4 is 31.2 Å². The van der Waals surface area contributed by atoms with E-state index in [1.165, 1.54) is 33.5 Å². The molecule has 0 spiro atoms. The molecule has 2 aliphatic heterocycles. The minimum absolute atomic E-state index is 0. The van der Waals surface area contributed by atoms with Gasteiger partial charge in [0.05, 0.1) is 18.1 Å². The molecule has 4 aromatic rings. The van der Waals surface area contributed by atoms with Gasteiger partial charge in [-0.05, 0) is 46.9 Å². The first kappa shape index (κ1) is 23.3. The quantitative estimate of drug-likeness (QED) is 0.448. The Bertz CT molecular complexity index is 1430. The van der Waals surface area contributed by atoms with Crippen molar-refractivity contribution < 1.29 is 36.3 Å². The summed E-state index contributed by atoms with van der Waals surface area (Å²) in [6.45, 7) is 5.51. The van der Waals surface area contributed by atoms with Crippen LogP contribution in [0.1, 0.15) is 42.0 Å². The van der Waals surface area contributed by atoms with Crippen LogP contribution in [-0.2, 0) is 19.4 Å². The first-order valence-corrected chi connectivity index (χ1v) is 11.8. The van der Waals surface area contributed by atoms with Crippen molar-refractivity contribution in [3.05, 3.63) is 77.0 Å². The van der Waals surface area contributed by atoms with Gasteiger partial charge in [-0.25, -0.2) is 0 Å². The number of aromatic hydroxyl groups is 1. The number of halogens is 1. The zero-order valence-electron chi connectivity index (χ0n) is 20.1. The summed E-state index contributed by atoms with van der Waals surface area (Å²) in [7, 11) is 1.59. The molecule has 35 heavy (non-hydrogen) atoms. The van der Waals surface area contributed by atoms with Crippen LogP contribution in [0.3, 0.4) is 0 Å². The molecule has 0 saturated carbocycles. The van der Waals surface area contributed by atoms with Crippen LogP contribution in [0, 0.1) is 0 Å². The summed E-state index contributed by atoms with van der Waals surface area (Å²) in [5, 5.41) is 12.8. The predicted octanol–water partition coefficient (Wildman–Crippen LogP) is 2.51.